The van der Waals surface area contributed by atoms with E-state index in [1.165, 1.54) is 18.2 Å². The van der Waals surface area contributed by atoms with Gasteiger partial charge < -0.3 is 5.11 Å². The number of hydrogen-bond donors (Lipinski definition) is 1. The van der Waals surface area contributed by atoms with E-state index in [-0.39, 0.29) is 16.9 Å². The molecule has 0 unspecified atom stereocenters. The number of carbonyl (C=O) groups is 1. The van der Waals surface area contributed by atoms with Gasteiger partial charge in [0.15, 0.2) is 11.7 Å². The Bertz CT molecular complexity index is 483. The predicted molar refractivity (Wildman–Crippen MR) is 48.0 cm³/mol. The molecule has 7 nitrogen and oxygen atoms in total. The normalized spacial score (nSPS) is 17.5. The third-order valence-electron chi connectivity index (χ3n) is 2.04. The summed E-state index contributed by atoms with van der Waals surface area (Å²) in [6, 6.07) is 3.03. The van der Waals surface area contributed by atoms with E-state index in [0.29, 0.717) is 0 Å². The van der Waals surface area contributed by atoms with Crippen LogP contribution in [0.4, 0.5) is 11.4 Å². The number of nitro benzene ring substituents is 1. The Labute approximate surface area is 83.2 Å². The number of carboxylic acids is 1. The minimum absolute atomic E-state index is 0.0369. The number of azo groups is 1. The second-order valence-corrected chi connectivity index (χ2v) is 2.93. The Morgan fingerprint density at radius 2 is 2.27 bits per heavy atom. The van der Waals surface area contributed by atoms with Crippen LogP contribution in [-0.4, -0.2) is 16.0 Å². The number of nitrogens with zero attached hydrogens (tertiary/aromatic N) is 3. The van der Waals surface area contributed by atoms with Crippen LogP contribution in [0.5, 0.6) is 0 Å². The van der Waals surface area contributed by atoms with Crippen LogP contribution in [0.15, 0.2) is 28.4 Å². The maximum absolute atomic E-state index is 10.7. The van der Waals surface area contributed by atoms with E-state index < -0.39 is 16.9 Å². The smallest absolute Gasteiger partial charge is 0.335 e. The van der Waals surface area contributed by atoms with Gasteiger partial charge in [-0.2, -0.15) is 5.11 Å². The van der Waals surface area contributed by atoms with Gasteiger partial charge in [0.05, 0.1) is 4.92 Å². The van der Waals surface area contributed by atoms with Gasteiger partial charge in [-0.25, -0.2) is 4.79 Å². The molecule has 0 spiro atoms. The topological polar surface area (TPSA) is 105 Å². The first-order valence-electron chi connectivity index (χ1n) is 4.02. The van der Waals surface area contributed by atoms with E-state index in [4.69, 9.17) is 5.11 Å². The largest absolute Gasteiger partial charge is 0.479 e. The van der Waals surface area contributed by atoms with Gasteiger partial charge in [0.1, 0.15) is 0 Å². The molecule has 1 aliphatic rings. The fourth-order valence-electron chi connectivity index (χ4n) is 1.39. The Kier molecular flexibility index (Phi) is 1.93. The zero-order valence-corrected chi connectivity index (χ0v) is 7.32. The van der Waals surface area contributed by atoms with Crippen molar-refractivity contribution in [3.8, 4) is 0 Å². The fourth-order valence-corrected chi connectivity index (χ4v) is 1.39. The van der Waals surface area contributed by atoms with Crippen molar-refractivity contribution in [2.24, 2.45) is 10.2 Å². The van der Waals surface area contributed by atoms with E-state index in [2.05, 4.69) is 10.2 Å². The van der Waals surface area contributed by atoms with Crippen LogP contribution < -0.4 is 0 Å². The summed E-state index contributed by atoms with van der Waals surface area (Å²) < 4.78 is 0. The van der Waals surface area contributed by atoms with Crippen LogP contribution >= 0.6 is 0 Å². The van der Waals surface area contributed by atoms with Crippen LogP contribution in [0.1, 0.15) is 11.6 Å². The zero-order valence-electron chi connectivity index (χ0n) is 7.32. The van der Waals surface area contributed by atoms with Crippen LogP contribution in [0, 0.1) is 10.1 Å². The molecule has 1 N–H and O–H groups in total. The third kappa shape index (κ3) is 1.33. The second kappa shape index (κ2) is 3.12. The average Bonchev–Trinajstić information content (AvgIpc) is 2.59. The van der Waals surface area contributed by atoms with E-state index in [1.807, 2.05) is 0 Å². The highest BCUT2D eigenvalue weighted by atomic mass is 16.6. The van der Waals surface area contributed by atoms with Crippen molar-refractivity contribution in [1.82, 2.24) is 0 Å². The number of rotatable bonds is 2. The standard InChI is InChI=1S/C8H5N3O4/c12-8(13)7-4-2-1-3-5(11(14)15)6(4)9-10-7/h1-3,7H,(H,12,13)/t7-/m0/s1. The summed E-state index contributed by atoms with van der Waals surface area (Å²) in [5.74, 6) is -1.17. The summed E-state index contributed by atoms with van der Waals surface area (Å²) in [6.07, 6.45) is 0. The Hall–Kier alpha value is -2.31. The van der Waals surface area contributed by atoms with Crippen molar-refractivity contribution in [3.05, 3.63) is 33.9 Å². The lowest BCUT2D eigenvalue weighted by Crippen LogP contribution is -2.06. The van der Waals surface area contributed by atoms with Gasteiger partial charge in [0.25, 0.3) is 5.69 Å². The molecule has 0 aliphatic carbocycles. The number of fused-ring (bicyclic) bond motifs is 1. The highest BCUT2D eigenvalue weighted by Crippen LogP contribution is 2.41. The lowest BCUT2D eigenvalue weighted by molar-refractivity contribution is -0.384. The van der Waals surface area contributed by atoms with E-state index in [9.17, 15) is 14.9 Å². The lowest BCUT2D eigenvalue weighted by atomic mass is 10.1. The van der Waals surface area contributed by atoms with E-state index >= 15 is 0 Å². The molecule has 0 aromatic heterocycles. The summed E-state index contributed by atoms with van der Waals surface area (Å²) in [6.45, 7) is 0. The minimum Gasteiger partial charge on any atom is -0.479 e. The average molecular weight is 207 g/mol. The summed E-state index contributed by atoms with van der Waals surface area (Å²) in [5, 5.41) is 26.4. The summed E-state index contributed by atoms with van der Waals surface area (Å²) in [4.78, 5) is 20.7. The SMILES string of the molecule is O=C(O)[C@H]1N=Nc2c1cccc2[N+](=O)[O-]. The fraction of sp³-hybridized carbons (Fsp3) is 0.125. The molecule has 0 fully saturated rings. The van der Waals surface area contributed by atoms with Crippen molar-refractivity contribution in [2.75, 3.05) is 0 Å². The van der Waals surface area contributed by atoms with Crippen molar-refractivity contribution in [2.45, 2.75) is 6.04 Å². The highest BCUT2D eigenvalue weighted by Gasteiger charge is 2.31. The van der Waals surface area contributed by atoms with Crippen LogP contribution in [-0.2, 0) is 4.79 Å². The number of benzene rings is 1. The second-order valence-electron chi connectivity index (χ2n) is 2.93. The first-order chi connectivity index (χ1) is 7.11. The first kappa shape index (κ1) is 9.25. The Morgan fingerprint density at radius 1 is 1.53 bits per heavy atom. The minimum atomic E-state index is -1.17. The molecule has 0 amide bonds. The zero-order chi connectivity index (χ0) is 11.0. The lowest BCUT2D eigenvalue weighted by Gasteiger charge is -2.01. The Balaban J connectivity index is 2.57. The van der Waals surface area contributed by atoms with Crippen molar-refractivity contribution in [1.29, 1.82) is 0 Å². The maximum Gasteiger partial charge on any atom is 0.335 e. The molecule has 1 aromatic rings. The quantitative estimate of drug-likeness (QED) is 0.589. The van der Waals surface area contributed by atoms with Crippen LogP contribution in [0.3, 0.4) is 0 Å². The van der Waals surface area contributed by atoms with Gasteiger partial charge in [0, 0.05) is 11.6 Å². The first-order valence-corrected chi connectivity index (χ1v) is 4.02. The number of nitro groups is 1. The predicted octanol–water partition coefficient (Wildman–Crippen LogP) is 1.82. The molecule has 76 valence electrons. The molecular formula is C8H5N3O4. The molecule has 2 rings (SSSR count). The van der Waals surface area contributed by atoms with Crippen molar-refractivity contribution >= 4 is 17.3 Å². The van der Waals surface area contributed by atoms with Gasteiger partial charge in [-0.15, -0.1) is 5.11 Å². The maximum atomic E-state index is 10.7. The molecule has 15 heavy (non-hydrogen) atoms. The molecule has 0 radical (unpaired) electrons. The van der Waals surface area contributed by atoms with Crippen LogP contribution in [0.2, 0.25) is 0 Å². The van der Waals surface area contributed by atoms with E-state index in [0.717, 1.165) is 0 Å². The molecule has 0 saturated carbocycles. The highest BCUT2D eigenvalue weighted by molar-refractivity contribution is 5.81. The Morgan fingerprint density at radius 3 is 2.87 bits per heavy atom. The van der Waals surface area contributed by atoms with Gasteiger partial charge in [-0.05, 0) is 0 Å². The third-order valence-corrected chi connectivity index (χ3v) is 2.04. The van der Waals surface area contributed by atoms with Crippen LogP contribution in [0.25, 0.3) is 0 Å². The molecule has 7 heteroatoms. The van der Waals surface area contributed by atoms with Gasteiger partial charge >= 0.3 is 5.97 Å². The van der Waals surface area contributed by atoms with Gasteiger partial charge in [0.2, 0.25) is 0 Å². The molecule has 1 atom stereocenters. The molecule has 1 aromatic carbocycles. The van der Waals surface area contributed by atoms with E-state index in [1.54, 1.807) is 0 Å². The summed E-state index contributed by atoms with van der Waals surface area (Å²) >= 11 is 0. The molecule has 0 bridgehead atoms. The molecule has 1 heterocycles. The van der Waals surface area contributed by atoms with Crippen molar-refractivity contribution < 1.29 is 14.8 Å². The summed E-state index contributed by atoms with van der Waals surface area (Å²) in [7, 11) is 0. The molecule has 1 aliphatic heterocycles. The van der Waals surface area contributed by atoms with Gasteiger partial charge in [-0.1, -0.05) is 12.1 Å². The number of aliphatic carboxylic acids is 1. The summed E-state index contributed by atoms with van der Waals surface area (Å²) in [5.41, 5.74) is 0.0756. The van der Waals surface area contributed by atoms with Crippen molar-refractivity contribution in [3.63, 3.8) is 0 Å². The number of hydrogen-bond acceptors (Lipinski definition) is 5. The molecular weight excluding hydrogens is 202 g/mol. The molecule has 0 saturated heterocycles. The number of carboxylic acid groups (broad SMARTS) is 1. The monoisotopic (exact) mass is 207 g/mol. The van der Waals surface area contributed by atoms with Gasteiger partial charge in [-0.3, -0.25) is 10.1 Å².